The summed E-state index contributed by atoms with van der Waals surface area (Å²) in [7, 11) is -3.14. The van der Waals surface area contributed by atoms with Gasteiger partial charge in [-0.1, -0.05) is 6.07 Å². The molecule has 0 aliphatic heterocycles. The van der Waals surface area contributed by atoms with Crippen molar-refractivity contribution in [2.45, 2.75) is 18.0 Å². The van der Waals surface area contributed by atoms with Crippen molar-refractivity contribution in [3.8, 4) is 11.6 Å². The summed E-state index contributed by atoms with van der Waals surface area (Å²) >= 11 is 0. The molecule has 0 fully saturated rings. The minimum Gasteiger partial charge on any atom is -0.434 e. The maximum atomic E-state index is 14.0. The summed E-state index contributed by atoms with van der Waals surface area (Å²) in [5, 5.41) is 8.67. The van der Waals surface area contributed by atoms with Gasteiger partial charge in [-0.2, -0.15) is 13.2 Å². The number of rotatable bonds is 5. The van der Waals surface area contributed by atoms with Crippen LogP contribution in [0, 0.1) is 23.3 Å². The molecule has 1 amide bonds. The van der Waals surface area contributed by atoms with Gasteiger partial charge >= 0.3 is 6.18 Å². The van der Waals surface area contributed by atoms with Gasteiger partial charge in [0, 0.05) is 22.9 Å². The highest BCUT2D eigenvalue weighted by Gasteiger charge is 2.38. The molecule has 1 atom stereocenters. The predicted octanol–water partition coefficient (Wildman–Crippen LogP) is 5.16. The molecule has 0 saturated carbocycles. The average molecular weight is 486 g/mol. The van der Waals surface area contributed by atoms with Crippen LogP contribution in [0.1, 0.15) is 21.6 Å². The van der Waals surface area contributed by atoms with Crippen molar-refractivity contribution in [2.24, 2.45) is 0 Å². The number of anilines is 1. The molecule has 3 rings (SSSR count). The molecule has 0 aliphatic carbocycles. The van der Waals surface area contributed by atoms with Crippen LogP contribution >= 0.6 is 0 Å². The summed E-state index contributed by atoms with van der Waals surface area (Å²) in [6.45, 7) is 0.958. The number of hydrogen-bond acceptors (Lipinski definition) is 6. The number of amides is 1. The largest absolute Gasteiger partial charge is 0.435 e. The molecule has 174 valence electrons. The molecular formula is C20H15F5N4O3S. The van der Waals surface area contributed by atoms with Crippen LogP contribution in [-0.4, -0.2) is 26.6 Å². The van der Waals surface area contributed by atoms with E-state index in [1.165, 1.54) is 24.3 Å². The predicted molar refractivity (Wildman–Crippen MR) is 108 cm³/mol. The Kier molecular flexibility index (Phi) is 6.36. The van der Waals surface area contributed by atoms with Gasteiger partial charge in [-0.3, -0.25) is 4.79 Å². The molecule has 0 bridgehead atoms. The van der Waals surface area contributed by atoms with Gasteiger partial charge in [0.15, 0.2) is 17.3 Å². The van der Waals surface area contributed by atoms with Crippen molar-refractivity contribution in [3.05, 3.63) is 70.9 Å². The molecule has 7 nitrogen and oxygen atoms in total. The molecule has 2 aromatic carbocycles. The first kappa shape index (κ1) is 24.0. The van der Waals surface area contributed by atoms with Gasteiger partial charge < -0.3 is 10.1 Å². The molecule has 1 heterocycles. The van der Waals surface area contributed by atoms with Gasteiger partial charge in [0.05, 0.1) is 9.73 Å². The van der Waals surface area contributed by atoms with Crippen molar-refractivity contribution >= 4 is 21.3 Å². The highest BCUT2D eigenvalue weighted by molar-refractivity contribution is 7.91. The van der Waals surface area contributed by atoms with E-state index in [2.05, 4.69) is 15.5 Å². The zero-order chi connectivity index (χ0) is 24.6. The molecule has 0 aliphatic rings. The fourth-order valence-corrected chi connectivity index (χ4v) is 3.47. The molecule has 1 unspecified atom stereocenters. The van der Waals surface area contributed by atoms with E-state index in [1.807, 2.05) is 0 Å². The van der Waals surface area contributed by atoms with Crippen LogP contribution in [0.25, 0.3) is 0 Å². The second-order valence-corrected chi connectivity index (χ2v) is 9.01. The molecule has 2 N–H and O–H groups in total. The fraction of sp³-hybridized carbons (Fsp3) is 0.150. The lowest BCUT2D eigenvalue weighted by Gasteiger charge is -2.16. The number of nitrogens with one attached hydrogen (secondary N) is 2. The third kappa shape index (κ3) is 5.42. The van der Waals surface area contributed by atoms with Crippen molar-refractivity contribution in [2.75, 3.05) is 11.6 Å². The number of nitrogens with zero attached hydrogens (tertiary/aromatic N) is 2. The van der Waals surface area contributed by atoms with Crippen LogP contribution in [0.5, 0.6) is 11.6 Å². The first-order chi connectivity index (χ1) is 15.3. The number of alkyl halides is 3. The number of halogens is 5. The lowest BCUT2D eigenvalue weighted by molar-refractivity contribution is -0.142. The quantitative estimate of drug-likeness (QED) is 0.485. The zero-order valence-electron chi connectivity index (χ0n) is 17.0. The van der Waals surface area contributed by atoms with Crippen LogP contribution in [-0.2, 0) is 15.9 Å². The molecule has 33 heavy (non-hydrogen) atoms. The van der Waals surface area contributed by atoms with Crippen molar-refractivity contribution in [3.63, 3.8) is 0 Å². The van der Waals surface area contributed by atoms with E-state index in [4.69, 9.17) is 9.52 Å². The number of carbonyl (C=O) groups is 1. The van der Waals surface area contributed by atoms with Crippen molar-refractivity contribution in [1.29, 1.82) is 4.78 Å². The fourth-order valence-electron chi connectivity index (χ4n) is 2.78. The van der Waals surface area contributed by atoms with Gasteiger partial charge in [0.25, 0.3) is 11.8 Å². The van der Waals surface area contributed by atoms with Crippen LogP contribution in [0.3, 0.4) is 0 Å². The number of aromatic nitrogens is 2. The van der Waals surface area contributed by atoms with E-state index in [0.717, 1.165) is 25.3 Å². The minimum atomic E-state index is -4.95. The molecular weight excluding hydrogens is 471 g/mol. The Morgan fingerprint density at radius 1 is 1.12 bits per heavy atom. The molecule has 13 heteroatoms. The van der Waals surface area contributed by atoms with Crippen molar-refractivity contribution in [1.82, 2.24) is 10.2 Å². The third-order valence-corrected chi connectivity index (χ3v) is 5.48. The summed E-state index contributed by atoms with van der Waals surface area (Å²) in [6.07, 6.45) is -3.80. The van der Waals surface area contributed by atoms with Gasteiger partial charge in [-0.25, -0.2) is 17.8 Å². The van der Waals surface area contributed by atoms with E-state index in [1.54, 1.807) is 0 Å². The highest BCUT2D eigenvalue weighted by atomic mass is 32.2. The van der Waals surface area contributed by atoms with Crippen LogP contribution in [0.15, 0.2) is 47.4 Å². The Balaban J connectivity index is 2.08. The minimum absolute atomic E-state index is 0.0306. The number of hydrogen-bond donors (Lipinski definition) is 2. The van der Waals surface area contributed by atoms with Gasteiger partial charge in [0.1, 0.15) is 11.4 Å². The van der Waals surface area contributed by atoms with Crippen LogP contribution in [0.4, 0.5) is 27.6 Å². The molecule has 0 radical (unpaired) electrons. The zero-order valence-corrected chi connectivity index (χ0v) is 17.8. The molecule has 0 saturated heterocycles. The van der Waals surface area contributed by atoms with Gasteiger partial charge in [-0.05, 0) is 42.8 Å². The Bertz CT molecular complexity index is 1340. The topological polar surface area (TPSA) is 105 Å². The summed E-state index contributed by atoms with van der Waals surface area (Å²) in [5.74, 6) is -4.56. The number of benzene rings is 2. The van der Waals surface area contributed by atoms with Crippen molar-refractivity contribution < 1.29 is 35.7 Å². The lowest BCUT2D eigenvalue weighted by atomic mass is 10.1. The summed E-state index contributed by atoms with van der Waals surface area (Å²) in [4.78, 5) is 13.0. The van der Waals surface area contributed by atoms with E-state index in [0.29, 0.717) is 6.07 Å². The van der Waals surface area contributed by atoms with Gasteiger partial charge in [-0.15, -0.1) is 10.2 Å². The summed E-state index contributed by atoms with van der Waals surface area (Å²) < 4.78 is 91.9. The van der Waals surface area contributed by atoms with E-state index < -0.39 is 61.9 Å². The third-order valence-electron chi connectivity index (χ3n) is 4.32. The van der Waals surface area contributed by atoms with Crippen LogP contribution in [0.2, 0.25) is 0 Å². The SMILES string of the molecule is Cc1c(C(F)(F)F)nnc(Oc2ccc(F)cc2F)c1C(=O)Nc1cccc(S(C)(=N)=O)c1. The molecule has 1 aromatic heterocycles. The Hall–Kier alpha value is -3.61. The monoisotopic (exact) mass is 486 g/mol. The second-order valence-electron chi connectivity index (χ2n) is 6.85. The smallest absolute Gasteiger partial charge is 0.434 e. The summed E-state index contributed by atoms with van der Waals surface area (Å²) in [6, 6.07) is 7.57. The number of carbonyl (C=O) groups excluding carboxylic acids is 1. The highest BCUT2D eigenvalue weighted by Crippen LogP contribution is 2.35. The summed E-state index contributed by atoms with van der Waals surface area (Å²) in [5.41, 5.74) is -2.78. The van der Waals surface area contributed by atoms with Gasteiger partial charge in [0.2, 0.25) is 0 Å². The Labute approximate surface area is 184 Å². The molecule has 0 spiro atoms. The maximum Gasteiger partial charge on any atom is 0.435 e. The normalized spacial score (nSPS) is 13.3. The first-order valence-corrected chi connectivity index (χ1v) is 11.0. The molecule has 3 aromatic rings. The number of ether oxygens (including phenoxy) is 1. The van der Waals surface area contributed by atoms with Crippen LogP contribution < -0.4 is 10.1 Å². The standard InChI is InChI=1S/C20H15F5N4O3S/c1-10-16(18(30)27-12-4-3-5-13(9-12)33(2,26)31)19(29-28-17(10)20(23,24)25)32-15-7-6-11(21)8-14(15)22/h3-9,26H,1-2H3,(H,27,30). The Morgan fingerprint density at radius 2 is 1.82 bits per heavy atom. The lowest BCUT2D eigenvalue weighted by Crippen LogP contribution is -2.21. The van der Waals surface area contributed by atoms with E-state index in [9.17, 15) is 31.0 Å². The maximum absolute atomic E-state index is 14.0. The first-order valence-electron chi connectivity index (χ1n) is 9.00. The van der Waals surface area contributed by atoms with E-state index >= 15 is 0 Å². The van der Waals surface area contributed by atoms with E-state index in [-0.39, 0.29) is 10.6 Å². The average Bonchev–Trinajstić information content (AvgIpc) is 2.68. The second kappa shape index (κ2) is 8.73. The Morgan fingerprint density at radius 3 is 2.42 bits per heavy atom.